The molecule has 1 unspecified atom stereocenters. The Morgan fingerprint density at radius 3 is 2.78 bits per heavy atom. The van der Waals surface area contributed by atoms with Gasteiger partial charge in [-0.15, -0.1) is 5.10 Å². The Hall–Kier alpha value is -1.46. The fourth-order valence-electron chi connectivity index (χ4n) is 2.11. The molecule has 1 aromatic heterocycles. The summed E-state index contributed by atoms with van der Waals surface area (Å²) in [5.74, 6) is 0.697. The number of aromatic nitrogens is 4. The topological polar surface area (TPSA) is 80.9 Å². The Balaban J connectivity index is 2.08. The lowest BCUT2D eigenvalue weighted by Gasteiger charge is -2.26. The molecule has 6 heteroatoms. The first-order chi connectivity index (χ1) is 8.55. The van der Waals surface area contributed by atoms with E-state index in [0.29, 0.717) is 18.9 Å². The zero-order valence-corrected chi connectivity index (χ0v) is 11.0. The summed E-state index contributed by atoms with van der Waals surface area (Å²) in [5.41, 5.74) is -0.802. The number of tetrazole rings is 1. The van der Waals surface area contributed by atoms with E-state index in [2.05, 4.69) is 15.5 Å². The lowest BCUT2D eigenvalue weighted by atomic mass is 9.82. The van der Waals surface area contributed by atoms with Crippen LogP contribution < -0.4 is 0 Å². The fraction of sp³-hybridized carbons (Fsp3) is 0.833. The lowest BCUT2D eigenvalue weighted by Crippen LogP contribution is -2.33. The number of hydrogen-bond donors (Lipinski definition) is 1. The highest BCUT2D eigenvalue weighted by Crippen LogP contribution is 2.30. The third-order valence-electron chi connectivity index (χ3n) is 4.10. The van der Waals surface area contributed by atoms with Gasteiger partial charge in [-0.3, -0.25) is 4.79 Å². The van der Waals surface area contributed by atoms with Gasteiger partial charge in [0.25, 0.3) is 0 Å². The highest BCUT2D eigenvalue weighted by atomic mass is 16.4. The first-order valence-electron chi connectivity index (χ1n) is 6.53. The minimum Gasteiger partial charge on any atom is -0.481 e. The van der Waals surface area contributed by atoms with Crippen molar-refractivity contribution >= 4 is 5.97 Å². The molecule has 0 saturated heterocycles. The second kappa shape index (κ2) is 5.04. The molecule has 1 fully saturated rings. The monoisotopic (exact) mass is 252 g/mol. The minimum absolute atomic E-state index is 0.341. The van der Waals surface area contributed by atoms with E-state index in [1.807, 2.05) is 6.92 Å². The molecule has 18 heavy (non-hydrogen) atoms. The Kier molecular flexibility index (Phi) is 3.63. The Bertz CT molecular complexity index is 427. The number of carboxylic acids is 1. The van der Waals surface area contributed by atoms with Gasteiger partial charge in [0.1, 0.15) is 0 Å². The molecule has 1 heterocycles. The normalized spacial score (nSPS) is 19.2. The minimum atomic E-state index is -0.802. The van der Waals surface area contributed by atoms with Crippen molar-refractivity contribution in [1.82, 2.24) is 20.2 Å². The summed E-state index contributed by atoms with van der Waals surface area (Å²) in [6.45, 7) is 3.96. The molecule has 2 rings (SSSR count). The second-order valence-corrected chi connectivity index (χ2v) is 5.47. The molecule has 0 spiro atoms. The van der Waals surface area contributed by atoms with Gasteiger partial charge >= 0.3 is 5.97 Å². The van der Waals surface area contributed by atoms with Gasteiger partial charge in [0.2, 0.25) is 0 Å². The van der Waals surface area contributed by atoms with E-state index in [-0.39, 0.29) is 0 Å². The number of hydrogen-bond acceptors (Lipinski definition) is 4. The zero-order chi connectivity index (χ0) is 13.2. The van der Waals surface area contributed by atoms with E-state index < -0.39 is 11.4 Å². The first-order valence-corrected chi connectivity index (χ1v) is 6.53. The van der Waals surface area contributed by atoms with E-state index in [0.717, 1.165) is 12.2 Å². The SMILES string of the molecule is CCC(C)(Cn1nnnc1CC1CCC1)C(=O)O. The molecule has 0 radical (unpaired) electrons. The summed E-state index contributed by atoms with van der Waals surface area (Å²) in [7, 11) is 0. The van der Waals surface area contributed by atoms with E-state index in [4.69, 9.17) is 0 Å². The van der Waals surface area contributed by atoms with Crippen LogP contribution in [0.25, 0.3) is 0 Å². The molecule has 0 bridgehead atoms. The average molecular weight is 252 g/mol. The average Bonchev–Trinajstić information content (AvgIpc) is 2.70. The standard InChI is InChI=1S/C12H20N4O2/c1-3-12(2,11(17)18)8-16-10(13-14-15-16)7-9-5-4-6-9/h9H,3-8H2,1-2H3,(H,17,18). The number of rotatable bonds is 6. The molecule has 1 N–H and O–H groups in total. The van der Waals surface area contributed by atoms with Crippen molar-refractivity contribution in [1.29, 1.82) is 0 Å². The zero-order valence-electron chi connectivity index (χ0n) is 11.0. The predicted octanol–water partition coefficient (Wildman–Crippen LogP) is 1.52. The molecule has 1 atom stereocenters. The molecular formula is C12H20N4O2. The van der Waals surface area contributed by atoms with Crippen LogP contribution in [0.3, 0.4) is 0 Å². The fourth-order valence-corrected chi connectivity index (χ4v) is 2.11. The van der Waals surface area contributed by atoms with Crippen LogP contribution in [0.4, 0.5) is 0 Å². The summed E-state index contributed by atoms with van der Waals surface area (Å²) in [4.78, 5) is 11.3. The van der Waals surface area contributed by atoms with Gasteiger partial charge < -0.3 is 5.11 Å². The van der Waals surface area contributed by atoms with Crippen molar-refractivity contribution in [3.63, 3.8) is 0 Å². The number of carboxylic acid groups (broad SMARTS) is 1. The second-order valence-electron chi connectivity index (χ2n) is 5.47. The summed E-state index contributed by atoms with van der Waals surface area (Å²) < 4.78 is 1.66. The molecule has 1 aliphatic carbocycles. The molecule has 1 saturated carbocycles. The van der Waals surface area contributed by atoms with Gasteiger partial charge in [-0.1, -0.05) is 26.2 Å². The number of nitrogens with zero attached hydrogens (tertiary/aromatic N) is 4. The predicted molar refractivity (Wildman–Crippen MR) is 64.9 cm³/mol. The summed E-state index contributed by atoms with van der Waals surface area (Å²) in [6, 6.07) is 0. The van der Waals surface area contributed by atoms with Gasteiger partial charge in [0.15, 0.2) is 5.82 Å². The Morgan fingerprint density at radius 1 is 1.56 bits per heavy atom. The largest absolute Gasteiger partial charge is 0.481 e. The molecule has 1 aliphatic rings. The number of carbonyl (C=O) groups is 1. The smallest absolute Gasteiger partial charge is 0.311 e. The molecule has 0 aromatic carbocycles. The van der Waals surface area contributed by atoms with Gasteiger partial charge in [0, 0.05) is 6.42 Å². The Labute approximate surface area is 106 Å². The highest BCUT2D eigenvalue weighted by molar-refractivity contribution is 5.73. The van der Waals surface area contributed by atoms with Gasteiger partial charge in [-0.2, -0.15) is 0 Å². The third kappa shape index (κ3) is 2.52. The van der Waals surface area contributed by atoms with E-state index in [1.165, 1.54) is 19.3 Å². The van der Waals surface area contributed by atoms with Gasteiger partial charge in [-0.05, 0) is 29.7 Å². The van der Waals surface area contributed by atoms with Crippen LogP contribution in [0.1, 0.15) is 45.4 Å². The van der Waals surface area contributed by atoms with Crippen molar-refractivity contribution in [2.75, 3.05) is 0 Å². The van der Waals surface area contributed by atoms with Crippen LogP contribution >= 0.6 is 0 Å². The third-order valence-corrected chi connectivity index (χ3v) is 4.10. The van der Waals surface area contributed by atoms with Crippen LogP contribution in [0.5, 0.6) is 0 Å². The maximum Gasteiger partial charge on any atom is 0.311 e. The van der Waals surface area contributed by atoms with E-state index in [9.17, 15) is 9.90 Å². The molecule has 1 aromatic rings. The van der Waals surface area contributed by atoms with Crippen LogP contribution in [-0.2, 0) is 17.8 Å². The van der Waals surface area contributed by atoms with Crippen molar-refractivity contribution in [2.45, 2.75) is 52.5 Å². The summed E-state index contributed by atoms with van der Waals surface area (Å²) in [5, 5.41) is 20.9. The van der Waals surface area contributed by atoms with E-state index in [1.54, 1.807) is 11.6 Å². The summed E-state index contributed by atoms with van der Waals surface area (Å²) in [6.07, 6.45) is 5.18. The molecule has 0 amide bonds. The van der Waals surface area contributed by atoms with Crippen molar-refractivity contribution in [3.8, 4) is 0 Å². The quantitative estimate of drug-likeness (QED) is 0.830. The van der Waals surface area contributed by atoms with Crippen LogP contribution in [-0.4, -0.2) is 31.3 Å². The maximum atomic E-state index is 11.3. The molecule has 6 nitrogen and oxygen atoms in total. The first kappa shape index (κ1) is 13.0. The molecule has 100 valence electrons. The highest BCUT2D eigenvalue weighted by Gasteiger charge is 2.33. The lowest BCUT2D eigenvalue weighted by molar-refractivity contribution is -0.149. The van der Waals surface area contributed by atoms with Gasteiger partial charge in [-0.25, -0.2) is 4.68 Å². The van der Waals surface area contributed by atoms with Crippen LogP contribution in [0.2, 0.25) is 0 Å². The van der Waals surface area contributed by atoms with E-state index >= 15 is 0 Å². The Morgan fingerprint density at radius 2 is 2.28 bits per heavy atom. The van der Waals surface area contributed by atoms with Crippen molar-refractivity contribution in [2.24, 2.45) is 11.3 Å². The van der Waals surface area contributed by atoms with Crippen LogP contribution in [0, 0.1) is 11.3 Å². The van der Waals surface area contributed by atoms with Gasteiger partial charge in [0.05, 0.1) is 12.0 Å². The number of aliphatic carboxylic acids is 1. The van der Waals surface area contributed by atoms with Crippen molar-refractivity contribution < 1.29 is 9.90 Å². The molecule has 0 aliphatic heterocycles. The van der Waals surface area contributed by atoms with Crippen LogP contribution in [0.15, 0.2) is 0 Å². The summed E-state index contributed by atoms with van der Waals surface area (Å²) >= 11 is 0. The maximum absolute atomic E-state index is 11.3. The van der Waals surface area contributed by atoms with Crippen molar-refractivity contribution in [3.05, 3.63) is 5.82 Å². The molecular weight excluding hydrogens is 232 g/mol.